The van der Waals surface area contributed by atoms with Crippen molar-refractivity contribution in [3.63, 3.8) is 0 Å². The van der Waals surface area contributed by atoms with Crippen LogP contribution >= 0.6 is 12.4 Å². The molecule has 0 spiro atoms. The van der Waals surface area contributed by atoms with E-state index in [-0.39, 0.29) is 42.1 Å². The first-order chi connectivity index (χ1) is 11.1. The van der Waals surface area contributed by atoms with Gasteiger partial charge in [-0.2, -0.15) is 0 Å². The van der Waals surface area contributed by atoms with E-state index in [2.05, 4.69) is 10.6 Å². The molecule has 2 aliphatic rings. The molecule has 1 unspecified atom stereocenters. The van der Waals surface area contributed by atoms with Crippen LogP contribution in [0.2, 0.25) is 0 Å². The third kappa shape index (κ3) is 4.45. The molecule has 3 rings (SSSR count). The summed E-state index contributed by atoms with van der Waals surface area (Å²) < 4.78 is 12.9. The van der Waals surface area contributed by atoms with E-state index < -0.39 is 0 Å². The van der Waals surface area contributed by atoms with Gasteiger partial charge in [0.2, 0.25) is 5.91 Å². The summed E-state index contributed by atoms with van der Waals surface area (Å²) in [5, 5.41) is 6.20. The second-order valence-electron chi connectivity index (χ2n) is 6.23. The molecule has 132 valence electrons. The van der Waals surface area contributed by atoms with E-state index in [1.165, 1.54) is 24.3 Å². The molecule has 2 saturated heterocycles. The number of hydrogen-bond donors (Lipinski definition) is 2. The summed E-state index contributed by atoms with van der Waals surface area (Å²) in [5.74, 6) is -0.355. The molecule has 0 aromatic heterocycles. The molecular weight excluding hydrogens is 333 g/mol. The van der Waals surface area contributed by atoms with Crippen LogP contribution in [0.5, 0.6) is 0 Å². The molecule has 0 bridgehead atoms. The fourth-order valence-electron chi connectivity index (χ4n) is 3.23. The number of halogens is 2. The summed E-state index contributed by atoms with van der Waals surface area (Å²) in [5.41, 5.74) is 0.458. The largest absolute Gasteiger partial charge is 0.349 e. The summed E-state index contributed by atoms with van der Waals surface area (Å²) >= 11 is 0. The zero-order chi connectivity index (χ0) is 16.2. The normalized spacial score (nSPS) is 21.2. The Bertz CT molecular complexity index is 568. The molecule has 1 aromatic rings. The smallest absolute Gasteiger partial charge is 0.251 e. The monoisotopic (exact) mass is 355 g/mol. The number of piperidine rings is 1. The van der Waals surface area contributed by atoms with Crippen LogP contribution in [0.4, 0.5) is 4.39 Å². The van der Waals surface area contributed by atoms with E-state index >= 15 is 0 Å². The fraction of sp³-hybridized carbons (Fsp3) is 0.529. The van der Waals surface area contributed by atoms with Crippen molar-refractivity contribution in [3.8, 4) is 0 Å². The number of hydrogen-bond acceptors (Lipinski definition) is 3. The molecule has 0 saturated carbocycles. The van der Waals surface area contributed by atoms with Crippen LogP contribution in [0.15, 0.2) is 24.3 Å². The number of likely N-dealkylation sites (tertiary alicyclic amines) is 1. The number of carbonyl (C=O) groups is 2. The van der Waals surface area contributed by atoms with E-state index in [4.69, 9.17) is 0 Å². The first-order valence-electron chi connectivity index (χ1n) is 8.22. The minimum absolute atomic E-state index is 0. The zero-order valence-electron chi connectivity index (χ0n) is 13.5. The summed E-state index contributed by atoms with van der Waals surface area (Å²) in [6.45, 7) is 2.26. The van der Waals surface area contributed by atoms with E-state index in [1.54, 1.807) is 0 Å². The molecule has 2 fully saturated rings. The molecule has 0 radical (unpaired) electrons. The van der Waals surface area contributed by atoms with Crippen molar-refractivity contribution in [2.45, 2.75) is 37.8 Å². The summed E-state index contributed by atoms with van der Waals surface area (Å²) in [7, 11) is 0. The van der Waals surface area contributed by atoms with Crippen molar-refractivity contribution in [1.82, 2.24) is 15.5 Å². The van der Waals surface area contributed by atoms with Crippen molar-refractivity contribution in [1.29, 1.82) is 0 Å². The number of nitrogens with zero attached hydrogens (tertiary/aromatic N) is 1. The van der Waals surface area contributed by atoms with Gasteiger partial charge >= 0.3 is 0 Å². The molecule has 1 atom stereocenters. The minimum Gasteiger partial charge on any atom is -0.349 e. The molecule has 0 aliphatic carbocycles. The van der Waals surface area contributed by atoms with Gasteiger partial charge in [0, 0.05) is 24.7 Å². The summed E-state index contributed by atoms with van der Waals surface area (Å²) in [4.78, 5) is 26.3. The predicted octanol–water partition coefficient (Wildman–Crippen LogP) is 1.72. The molecule has 24 heavy (non-hydrogen) atoms. The van der Waals surface area contributed by atoms with E-state index in [0.717, 1.165) is 32.2 Å². The summed E-state index contributed by atoms with van der Waals surface area (Å²) in [6, 6.07) is 5.56. The van der Waals surface area contributed by atoms with Crippen LogP contribution in [-0.2, 0) is 4.79 Å². The topological polar surface area (TPSA) is 61.4 Å². The zero-order valence-corrected chi connectivity index (χ0v) is 14.3. The van der Waals surface area contributed by atoms with Crippen molar-refractivity contribution in [2.75, 3.05) is 19.6 Å². The van der Waals surface area contributed by atoms with Gasteiger partial charge in [0.25, 0.3) is 5.91 Å². The highest BCUT2D eigenvalue weighted by molar-refractivity contribution is 5.94. The minimum atomic E-state index is -0.353. The molecule has 7 heteroatoms. The lowest BCUT2D eigenvalue weighted by Gasteiger charge is -2.33. The molecule has 1 aromatic carbocycles. The van der Waals surface area contributed by atoms with Gasteiger partial charge in [0.15, 0.2) is 0 Å². The number of nitrogens with one attached hydrogen (secondary N) is 2. The highest BCUT2D eigenvalue weighted by Gasteiger charge is 2.30. The van der Waals surface area contributed by atoms with Crippen LogP contribution in [0.25, 0.3) is 0 Å². The van der Waals surface area contributed by atoms with Crippen LogP contribution < -0.4 is 10.6 Å². The Morgan fingerprint density at radius 1 is 1.12 bits per heavy atom. The highest BCUT2D eigenvalue weighted by Crippen LogP contribution is 2.15. The molecule has 2 N–H and O–H groups in total. The molecule has 2 heterocycles. The van der Waals surface area contributed by atoms with E-state index in [9.17, 15) is 14.0 Å². The SMILES string of the molecule is Cl.O=C(NC1CCN(C(=O)C2CCCN2)CC1)c1ccc(F)cc1. The van der Waals surface area contributed by atoms with Gasteiger partial charge in [0.05, 0.1) is 6.04 Å². The Morgan fingerprint density at radius 3 is 2.38 bits per heavy atom. The molecule has 2 amide bonds. The van der Waals surface area contributed by atoms with Crippen LogP contribution in [0, 0.1) is 5.82 Å². The van der Waals surface area contributed by atoms with Crippen LogP contribution in [0.3, 0.4) is 0 Å². The fourth-order valence-corrected chi connectivity index (χ4v) is 3.23. The maximum Gasteiger partial charge on any atom is 0.251 e. The van der Waals surface area contributed by atoms with Gasteiger partial charge in [-0.25, -0.2) is 4.39 Å². The summed E-state index contributed by atoms with van der Waals surface area (Å²) in [6.07, 6.45) is 3.48. The van der Waals surface area contributed by atoms with Crippen molar-refractivity contribution in [3.05, 3.63) is 35.6 Å². The van der Waals surface area contributed by atoms with Gasteiger partial charge in [0.1, 0.15) is 5.82 Å². The lowest BCUT2D eigenvalue weighted by molar-refractivity contribution is -0.134. The van der Waals surface area contributed by atoms with Gasteiger partial charge < -0.3 is 15.5 Å². The van der Waals surface area contributed by atoms with Crippen molar-refractivity contribution < 1.29 is 14.0 Å². The third-order valence-electron chi connectivity index (χ3n) is 4.61. The standard InChI is InChI=1S/C17H22FN3O2.ClH/c18-13-5-3-12(4-6-13)16(22)20-14-7-10-21(11-8-14)17(23)15-2-1-9-19-15;/h3-6,14-15,19H,1-2,7-11H2,(H,20,22);1H. The molecule has 5 nitrogen and oxygen atoms in total. The lowest BCUT2D eigenvalue weighted by atomic mass is 10.0. The quantitative estimate of drug-likeness (QED) is 0.868. The van der Waals surface area contributed by atoms with Gasteiger partial charge in [-0.1, -0.05) is 0 Å². The average Bonchev–Trinajstić information content (AvgIpc) is 3.10. The third-order valence-corrected chi connectivity index (χ3v) is 4.61. The van der Waals surface area contributed by atoms with Gasteiger partial charge in [-0.3, -0.25) is 9.59 Å². The average molecular weight is 356 g/mol. The second-order valence-corrected chi connectivity index (χ2v) is 6.23. The van der Waals surface area contributed by atoms with Crippen molar-refractivity contribution >= 4 is 24.2 Å². The van der Waals surface area contributed by atoms with Gasteiger partial charge in [-0.05, 0) is 56.5 Å². The Morgan fingerprint density at radius 2 is 1.79 bits per heavy atom. The van der Waals surface area contributed by atoms with Gasteiger partial charge in [-0.15, -0.1) is 12.4 Å². The number of amides is 2. The molecule has 2 aliphatic heterocycles. The Balaban J connectivity index is 0.00000208. The molecular formula is C17H23ClFN3O2. The predicted molar refractivity (Wildman–Crippen MR) is 91.7 cm³/mol. The van der Waals surface area contributed by atoms with E-state index in [1.807, 2.05) is 4.90 Å². The Hall–Kier alpha value is -1.66. The maximum absolute atomic E-state index is 12.9. The maximum atomic E-state index is 12.9. The van der Waals surface area contributed by atoms with E-state index in [0.29, 0.717) is 18.7 Å². The number of carbonyl (C=O) groups excluding carboxylic acids is 2. The Labute approximate surface area is 147 Å². The first kappa shape index (κ1) is 18.7. The van der Waals surface area contributed by atoms with Crippen LogP contribution in [0.1, 0.15) is 36.0 Å². The number of rotatable bonds is 3. The van der Waals surface area contributed by atoms with Crippen LogP contribution in [-0.4, -0.2) is 48.4 Å². The second kappa shape index (κ2) is 8.44. The Kier molecular flexibility index (Phi) is 6.57. The van der Waals surface area contributed by atoms with Crippen molar-refractivity contribution in [2.24, 2.45) is 0 Å². The lowest BCUT2D eigenvalue weighted by Crippen LogP contribution is -2.50. The number of benzene rings is 1. The highest BCUT2D eigenvalue weighted by atomic mass is 35.5. The first-order valence-corrected chi connectivity index (χ1v) is 8.22.